The van der Waals surface area contributed by atoms with Gasteiger partial charge in [-0.3, -0.25) is 0 Å². The first-order chi connectivity index (χ1) is 4.33. The van der Waals surface area contributed by atoms with E-state index in [-0.39, 0.29) is 18.8 Å². The Labute approximate surface area is 54.6 Å². The first kappa shape index (κ1) is 6.99. The van der Waals surface area contributed by atoms with Gasteiger partial charge in [-0.05, 0) is 6.92 Å². The Morgan fingerprint density at radius 3 is 2.67 bits per heavy atom. The van der Waals surface area contributed by atoms with Crippen LogP contribution in [0, 0.1) is 0 Å². The van der Waals surface area contributed by atoms with Crippen LogP contribution in [0.5, 0.6) is 0 Å². The Balaban J connectivity index is 2.18. The monoisotopic (exact) mass is 132 g/mol. The minimum atomic E-state index is -0.0961. The number of aliphatic hydroxyl groups is 1. The SMILES string of the molecule is CC1COC(CO)CO1. The van der Waals surface area contributed by atoms with Crippen molar-refractivity contribution >= 4 is 0 Å². The molecule has 1 aliphatic heterocycles. The highest BCUT2D eigenvalue weighted by Gasteiger charge is 2.17. The van der Waals surface area contributed by atoms with Gasteiger partial charge in [-0.1, -0.05) is 0 Å². The molecule has 54 valence electrons. The van der Waals surface area contributed by atoms with Crippen molar-refractivity contribution in [3.63, 3.8) is 0 Å². The van der Waals surface area contributed by atoms with E-state index in [1.807, 2.05) is 6.92 Å². The lowest BCUT2D eigenvalue weighted by Gasteiger charge is -2.25. The van der Waals surface area contributed by atoms with Gasteiger partial charge in [0, 0.05) is 0 Å². The van der Waals surface area contributed by atoms with E-state index in [9.17, 15) is 0 Å². The highest BCUT2D eigenvalue weighted by molar-refractivity contribution is 4.62. The van der Waals surface area contributed by atoms with Crippen LogP contribution in [0.4, 0.5) is 0 Å². The molecule has 0 amide bonds. The normalized spacial score (nSPS) is 36.7. The summed E-state index contributed by atoms with van der Waals surface area (Å²) in [7, 11) is 0. The van der Waals surface area contributed by atoms with Crippen LogP contribution in [-0.4, -0.2) is 37.1 Å². The molecule has 1 saturated heterocycles. The third-order valence-corrected chi connectivity index (χ3v) is 1.34. The molecule has 3 nitrogen and oxygen atoms in total. The minimum Gasteiger partial charge on any atom is -0.394 e. The smallest absolute Gasteiger partial charge is 0.104 e. The first-order valence-corrected chi connectivity index (χ1v) is 3.17. The van der Waals surface area contributed by atoms with E-state index in [1.165, 1.54) is 0 Å². The minimum absolute atomic E-state index is 0.0622. The lowest BCUT2D eigenvalue weighted by Crippen LogP contribution is -2.35. The maximum absolute atomic E-state index is 8.57. The summed E-state index contributed by atoms with van der Waals surface area (Å²) in [5.41, 5.74) is 0. The molecule has 9 heavy (non-hydrogen) atoms. The summed E-state index contributed by atoms with van der Waals surface area (Å²) >= 11 is 0. The van der Waals surface area contributed by atoms with Crippen molar-refractivity contribution in [2.24, 2.45) is 0 Å². The number of hydrogen-bond acceptors (Lipinski definition) is 3. The van der Waals surface area contributed by atoms with Crippen molar-refractivity contribution in [1.29, 1.82) is 0 Å². The zero-order valence-electron chi connectivity index (χ0n) is 5.54. The molecule has 0 bridgehead atoms. The van der Waals surface area contributed by atoms with Crippen LogP contribution in [0.15, 0.2) is 0 Å². The van der Waals surface area contributed by atoms with Crippen LogP contribution in [0.25, 0.3) is 0 Å². The second-order valence-corrected chi connectivity index (χ2v) is 2.28. The maximum atomic E-state index is 8.57. The van der Waals surface area contributed by atoms with E-state index in [2.05, 4.69) is 0 Å². The fourth-order valence-electron chi connectivity index (χ4n) is 0.745. The number of ether oxygens (including phenoxy) is 2. The van der Waals surface area contributed by atoms with E-state index in [0.29, 0.717) is 13.2 Å². The Bertz CT molecular complexity index is 76.4. The van der Waals surface area contributed by atoms with Crippen LogP contribution >= 0.6 is 0 Å². The lowest BCUT2D eigenvalue weighted by atomic mass is 10.3. The van der Waals surface area contributed by atoms with Gasteiger partial charge in [0.05, 0.1) is 25.9 Å². The summed E-state index contributed by atoms with van der Waals surface area (Å²) in [6.45, 7) is 3.14. The number of rotatable bonds is 1. The van der Waals surface area contributed by atoms with E-state index in [4.69, 9.17) is 14.6 Å². The molecule has 0 aromatic rings. The molecule has 0 aromatic carbocycles. The highest BCUT2D eigenvalue weighted by atomic mass is 16.6. The van der Waals surface area contributed by atoms with Crippen LogP contribution in [0.3, 0.4) is 0 Å². The van der Waals surface area contributed by atoms with Gasteiger partial charge in [0.25, 0.3) is 0 Å². The molecule has 0 saturated carbocycles. The van der Waals surface area contributed by atoms with Gasteiger partial charge in [-0.15, -0.1) is 0 Å². The first-order valence-electron chi connectivity index (χ1n) is 3.17. The predicted octanol–water partition coefficient (Wildman–Crippen LogP) is -0.217. The summed E-state index contributed by atoms with van der Waals surface area (Å²) < 4.78 is 10.4. The largest absolute Gasteiger partial charge is 0.394 e. The van der Waals surface area contributed by atoms with E-state index in [1.54, 1.807) is 0 Å². The van der Waals surface area contributed by atoms with Crippen molar-refractivity contribution in [3.05, 3.63) is 0 Å². The topological polar surface area (TPSA) is 38.7 Å². The third-order valence-electron chi connectivity index (χ3n) is 1.34. The molecule has 1 aliphatic rings. The fraction of sp³-hybridized carbons (Fsp3) is 1.00. The van der Waals surface area contributed by atoms with Crippen LogP contribution in [0.2, 0.25) is 0 Å². The van der Waals surface area contributed by atoms with Gasteiger partial charge >= 0.3 is 0 Å². The van der Waals surface area contributed by atoms with Gasteiger partial charge in [-0.2, -0.15) is 0 Å². The molecule has 1 rings (SSSR count). The zero-order valence-corrected chi connectivity index (χ0v) is 5.54. The van der Waals surface area contributed by atoms with Crippen LogP contribution in [-0.2, 0) is 9.47 Å². The van der Waals surface area contributed by atoms with Crippen LogP contribution in [0.1, 0.15) is 6.92 Å². The lowest BCUT2D eigenvalue weighted by molar-refractivity contribution is -0.138. The highest BCUT2D eigenvalue weighted by Crippen LogP contribution is 2.04. The average Bonchev–Trinajstić information content (AvgIpc) is 1.90. The van der Waals surface area contributed by atoms with Crippen LogP contribution < -0.4 is 0 Å². The van der Waals surface area contributed by atoms with Crippen molar-refractivity contribution in [2.75, 3.05) is 19.8 Å². The van der Waals surface area contributed by atoms with Gasteiger partial charge in [0.15, 0.2) is 0 Å². The molecule has 0 aromatic heterocycles. The molecule has 2 unspecified atom stereocenters. The predicted molar refractivity (Wildman–Crippen MR) is 32.2 cm³/mol. The Hall–Kier alpha value is -0.120. The average molecular weight is 132 g/mol. The van der Waals surface area contributed by atoms with E-state index in [0.717, 1.165) is 0 Å². The van der Waals surface area contributed by atoms with Gasteiger partial charge in [0.2, 0.25) is 0 Å². The number of hydrogen-bond donors (Lipinski definition) is 1. The third kappa shape index (κ3) is 1.93. The van der Waals surface area contributed by atoms with Gasteiger partial charge in [-0.25, -0.2) is 0 Å². The molecule has 1 heterocycles. The second kappa shape index (κ2) is 3.15. The maximum Gasteiger partial charge on any atom is 0.104 e. The summed E-state index contributed by atoms with van der Waals surface area (Å²) in [5.74, 6) is 0. The second-order valence-electron chi connectivity index (χ2n) is 2.28. The molecule has 0 spiro atoms. The van der Waals surface area contributed by atoms with Crippen molar-refractivity contribution in [1.82, 2.24) is 0 Å². The summed E-state index contributed by atoms with van der Waals surface area (Å²) in [6.07, 6.45) is 0.0917. The zero-order chi connectivity index (χ0) is 6.69. The standard InChI is InChI=1S/C6H12O3/c1-5-3-9-6(2-7)4-8-5/h5-7H,2-4H2,1H3. The Morgan fingerprint density at radius 1 is 1.44 bits per heavy atom. The summed E-state index contributed by atoms with van der Waals surface area (Å²) in [6, 6.07) is 0. The van der Waals surface area contributed by atoms with Crippen molar-refractivity contribution in [3.8, 4) is 0 Å². The van der Waals surface area contributed by atoms with E-state index < -0.39 is 0 Å². The Kier molecular flexibility index (Phi) is 2.45. The van der Waals surface area contributed by atoms with Gasteiger partial charge < -0.3 is 14.6 Å². The molecule has 2 atom stereocenters. The quantitative estimate of drug-likeness (QED) is 0.536. The van der Waals surface area contributed by atoms with E-state index >= 15 is 0 Å². The fourth-order valence-corrected chi connectivity index (χ4v) is 0.745. The molecule has 1 fully saturated rings. The molecule has 1 N–H and O–H groups in total. The number of aliphatic hydroxyl groups excluding tert-OH is 1. The molecule has 0 radical (unpaired) electrons. The molecular weight excluding hydrogens is 120 g/mol. The molecular formula is C6H12O3. The van der Waals surface area contributed by atoms with Crippen molar-refractivity contribution in [2.45, 2.75) is 19.1 Å². The van der Waals surface area contributed by atoms with Gasteiger partial charge in [0.1, 0.15) is 6.10 Å². The molecule has 0 aliphatic carbocycles. The Morgan fingerprint density at radius 2 is 2.22 bits per heavy atom. The summed E-state index contributed by atoms with van der Waals surface area (Å²) in [5, 5.41) is 8.57. The summed E-state index contributed by atoms with van der Waals surface area (Å²) in [4.78, 5) is 0. The molecule has 3 heteroatoms. The van der Waals surface area contributed by atoms with Crippen molar-refractivity contribution < 1.29 is 14.6 Å².